The van der Waals surface area contributed by atoms with Crippen LogP contribution in [0, 0.1) is 45.3 Å². The summed E-state index contributed by atoms with van der Waals surface area (Å²) in [5, 5.41) is 14.4. The Hall–Kier alpha value is -4.72. The van der Waals surface area contributed by atoms with Gasteiger partial charge in [0.15, 0.2) is 0 Å². The summed E-state index contributed by atoms with van der Waals surface area (Å²) in [6, 6.07) is 34.4. The topological polar surface area (TPSA) is 152 Å². The zero-order valence-corrected chi connectivity index (χ0v) is 44.7. The first-order valence-corrected chi connectivity index (χ1v) is 26.3. The highest BCUT2D eigenvalue weighted by Crippen LogP contribution is 2.43. The highest BCUT2D eigenvalue weighted by molar-refractivity contribution is 5.68. The second-order valence-electron chi connectivity index (χ2n) is 25.4. The van der Waals surface area contributed by atoms with Gasteiger partial charge in [0.2, 0.25) is 0 Å². The van der Waals surface area contributed by atoms with E-state index >= 15 is 0 Å². The molecule has 0 radical (unpaired) electrons. The third kappa shape index (κ3) is 18.0. The second kappa shape index (κ2) is 23.7. The number of para-hydroxylation sites is 8. The summed E-state index contributed by atoms with van der Waals surface area (Å²) in [7, 11) is 0. The Kier molecular flexibility index (Phi) is 18.9. The summed E-state index contributed by atoms with van der Waals surface area (Å²) in [6.07, 6.45) is 15.2. The lowest BCUT2D eigenvalue weighted by Gasteiger charge is -2.39. The van der Waals surface area contributed by atoms with Crippen LogP contribution in [-0.2, 0) is 0 Å². The highest BCUT2D eigenvalue weighted by atomic mass is 15.0. The first-order chi connectivity index (χ1) is 31.8. The predicted molar refractivity (Wildman–Crippen MR) is 300 cm³/mol. The molecule has 0 aliphatic heterocycles. The molecule has 68 heavy (non-hydrogen) atoms. The number of nitrogens with one attached hydrogen (secondary N) is 4. The van der Waals surface area contributed by atoms with Crippen LogP contribution in [0.15, 0.2) is 97.1 Å². The van der Waals surface area contributed by atoms with Crippen LogP contribution in [0.5, 0.6) is 0 Å². The van der Waals surface area contributed by atoms with E-state index in [0.717, 1.165) is 69.2 Å². The Morgan fingerprint density at radius 3 is 0.647 bits per heavy atom. The van der Waals surface area contributed by atoms with Crippen LogP contribution in [0.1, 0.15) is 160 Å². The summed E-state index contributed by atoms with van der Waals surface area (Å²) >= 11 is 0. The molecule has 8 nitrogen and oxygen atoms in total. The van der Waals surface area contributed by atoms with Crippen molar-refractivity contribution < 1.29 is 0 Å². The van der Waals surface area contributed by atoms with Crippen LogP contribution in [0.4, 0.5) is 45.5 Å². The van der Waals surface area contributed by atoms with Crippen molar-refractivity contribution in [3.8, 4) is 0 Å². The number of hydrogen-bond acceptors (Lipinski definition) is 8. The molecule has 12 N–H and O–H groups in total. The van der Waals surface area contributed by atoms with Crippen molar-refractivity contribution in [2.24, 2.45) is 45.3 Å². The van der Waals surface area contributed by atoms with Gasteiger partial charge in [0.1, 0.15) is 0 Å². The van der Waals surface area contributed by atoms with Crippen molar-refractivity contribution in [3.05, 3.63) is 97.1 Å². The van der Waals surface area contributed by atoms with Crippen molar-refractivity contribution in [3.63, 3.8) is 0 Å². The quantitative estimate of drug-likeness (QED) is 0.0814. The number of anilines is 8. The van der Waals surface area contributed by atoms with Crippen molar-refractivity contribution in [2.45, 2.75) is 184 Å². The molecule has 0 amide bonds. The van der Waals surface area contributed by atoms with Gasteiger partial charge in [-0.25, -0.2) is 0 Å². The zero-order chi connectivity index (χ0) is 49.9. The van der Waals surface area contributed by atoms with E-state index < -0.39 is 0 Å². The minimum absolute atomic E-state index is 0.443. The summed E-state index contributed by atoms with van der Waals surface area (Å²) in [6.45, 7) is 28.3. The van der Waals surface area contributed by atoms with Crippen molar-refractivity contribution in [1.82, 2.24) is 0 Å². The summed E-state index contributed by atoms with van der Waals surface area (Å²) in [5.41, 5.74) is 33.4. The average Bonchev–Trinajstić information content (AvgIpc) is 3.19. The van der Waals surface area contributed by atoms with Crippen LogP contribution in [-0.4, -0.2) is 24.2 Å². The van der Waals surface area contributed by atoms with Gasteiger partial charge in [-0.3, -0.25) is 0 Å². The van der Waals surface area contributed by atoms with Gasteiger partial charge >= 0.3 is 0 Å². The van der Waals surface area contributed by atoms with Crippen molar-refractivity contribution in [2.75, 3.05) is 44.2 Å². The maximum atomic E-state index is 5.98. The fourth-order valence-electron chi connectivity index (χ4n) is 13.2. The molecule has 8 heteroatoms. The summed E-state index contributed by atoms with van der Waals surface area (Å²) in [4.78, 5) is 0. The molecular weight excluding hydrogens is 833 g/mol. The molecule has 0 spiro atoms. The standard InChI is InChI=1S/4C15H24N2/c4*1-11-8-12(10-15(2,3)9-11)17-14-7-5-4-6-13(14)16/h4*4-7,11-12,17H,8-10,16H2,1-3H3/t2*11-,12+;2*11-,12-/m1010/s1. The lowest BCUT2D eigenvalue weighted by Crippen LogP contribution is -2.35. The summed E-state index contributed by atoms with van der Waals surface area (Å²) < 4.78 is 0. The third-order valence-electron chi connectivity index (χ3n) is 14.8. The van der Waals surface area contributed by atoms with Gasteiger partial charge in [-0.2, -0.15) is 0 Å². The van der Waals surface area contributed by atoms with Gasteiger partial charge in [-0.1, -0.05) is 132 Å². The maximum Gasteiger partial charge on any atom is 0.0576 e. The molecule has 0 heterocycles. The Bertz CT molecular complexity index is 1840. The van der Waals surface area contributed by atoms with Crippen LogP contribution in [0.2, 0.25) is 0 Å². The molecule has 4 aromatic carbocycles. The molecule has 4 fully saturated rings. The van der Waals surface area contributed by atoms with Gasteiger partial charge in [0, 0.05) is 24.2 Å². The van der Waals surface area contributed by atoms with E-state index in [1.54, 1.807) is 0 Å². The normalized spacial score (nSPS) is 27.7. The van der Waals surface area contributed by atoms with Crippen LogP contribution < -0.4 is 44.2 Å². The summed E-state index contributed by atoms with van der Waals surface area (Å²) in [5.74, 6) is 3.17. The lowest BCUT2D eigenvalue weighted by molar-refractivity contribution is 0.177. The first kappa shape index (κ1) is 54.2. The van der Waals surface area contributed by atoms with Crippen LogP contribution in [0.25, 0.3) is 0 Å². The molecule has 0 aromatic heterocycles. The minimum atomic E-state index is 0.443. The van der Waals surface area contributed by atoms with Crippen molar-refractivity contribution >= 4 is 45.5 Å². The largest absolute Gasteiger partial charge is 0.397 e. The molecule has 4 aliphatic rings. The monoisotopic (exact) mass is 929 g/mol. The fourth-order valence-corrected chi connectivity index (χ4v) is 13.2. The molecule has 8 rings (SSSR count). The molecular formula is C60H96N8. The Morgan fingerprint density at radius 2 is 0.485 bits per heavy atom. The van der Waals surface area contributed by atoms with Gasteiger partial charge in [0.25, 0.3) is 0 Å². The van der Waals surface area contributed by atoms with E-state index in [-0.39, 0.29) is 0 Å². The fraction of sp³-hybridized carbons (Fsp3) is 0.600. The van der Waals surface area contributed by atoms with E-state index in [0.29, 0.717) is 45.8 Å². The van der Waals surface area contributed by atoms with Gasteiger partial charge in [-0.05, 0) is 171 Å². The van der Waals surface area contributed by atoms with E-state index in [4.69, 9.17) is 22.9 Å². The second-order valence-corrected chi connectivity index (χ2v) is 25.4. The highest BCUT2D eigenvalue weighted by Gasteiger charge is 2.35. The average molecular weight is 929 g/mol. The number of rotatable bonds is 8. The van der Waals surface area contributed by atoms with Gasteiger partial charge in [0.05, 0.1) is 45.5 Å². The van der Waals surface area contributed by atoms with Crippen LogP contribution in [0.3, 0.4) is 0 Å². The molecule has 4 saturated carbocycles. The maximum absolute atomic E-state index is 5.98. The van der Waals surface area contributed by atoms with E-state index in [2.05, 4.69) is 129 Å². The predicted octanol–water partition coefficient (Wildman–Crippen LogP) is 15.6. The van der Waals surface area contributed by atoms with Gasteiger partial charge < -0.3 is 44.2 Å². The molecule has 4 aliphatic carbocycles. The van der Waals surface area contributed by atoms with Gasteiger partial charge in [-0.15, -0.1) is 0 Å². The Morgan fingerprint density at radius 1 is 0.309 bits per heavy atom. The number of hydrogen-bond donors (Lipinski definition) is 8. The smallest absolute Gasteiger partial charge is 0.0576 e. The molecule has 0 bridgehead atoms. The SMILES string of the molecule is C[C@@H]1C[C@@H](Nc2ccccc2N)CC(C)(C)C1.C[C@@H]1C[C@H](Nc2ccccc2N)CC(C)(C)C1.C[C@H]1C[C@@H](Nc2ccccc2N)CC(C)(C)C1.C[C@H]1C[C@H](Nc2ccccc2N)CC(C)(C)C1. The molecule has 0 unspecified atom stereocenters. The van der Waals surface area contributed by atoms with E-state index in [9.17, 15) is 0 Å². The third-order valence-corrected chi connectivity index (χ3v) is 14.8. The van der Waals surface area contributed by atoms with Crippen molar-refractivity contribution in [1.29, 1.82) is 0 Å². The lowest BCUT2D eigenvalue weighted by atomic mass is 9.70. The first-order valence-electron chi connectivity index (χ1n) is 26.3. The molecule has 376 valence electrons. The molecule has 0 saturated heterocycles. The Balaban J connectivity index is 0.000000169. The Labute approximate surface area is 414 Å². The van der Waals surface area contributed by atoms with E-state index in [1.807, 2.05) is 72.8 Å². The number of nitrogens with two attached hydrogens (primary N) is 4. The molecule has 8 atom stereocenters. The number of benzene rings is 4. The molecule has 4 aromatic rings. The number of nitrogen functional groups attached to an aromatic ring is 4. The zero-order valence-electron chi connectivity index (χ0n) is 44.7. The van der Waals surface area contributed by atoms with Crippen LogP contribution >= 0.6 is 0 Å². The minimum Gasteiger partial charge on any atom is -0.397 e. The van der Waals surface area contributed by atoms with E-state index in [1.165, 1.54) is 77.0 Å².